The van der Waals surface area contributed by atoms with Gasteiger partial charge in [0.2, 0.25) is 0 Å². The quantitative estimate of drug-likeness (QED) is 0.615. The fraction of sp³-hybridized carbons (Fsp3) is 0.286. The highest BCUT2D eigenvalue weighted by molar-refractivity contribution is 6.31. The largest absolute Gasteiger partial charge is 0.463 e. The molecule has 4 nitrogen and oxygen atoms in total. The molecule has 0 aliphatic heterocycles. The van der Waals surface area contributed by atoms with E-state index in [1.165, 1.54) is 18.2 Å². The number of hydrogen-bond acceptors (Lipinski definition) is 4. The summed E-state index contributed by atoms with van der Waals surface area (Å²) >= 11 is 5.91. The lowest BCUT2D eigenvalue weighted by atomic mass is 10.1. The summed E-state index contributed by atoms with van der Waals surface area (Å²) in [6.07, 6.45) is 2.82. The van der Waals surface area contributed by atoms with Crippen molar-refractivity contribution in [1.29, 1.82) is 0 Å². The van der Waals surface area contributed by atoms with E-state index in [9.17, 15) is 9.59 Å². The molecule has 102 valence electrons. The number of carbonyl (C=O) groups excluding carboxylic acids is 2. The highest BCUT2D eigenvalue weighted by Crippen LogP contribution is 2.17. The van der Waals surface area contributed by atoms with E-state index in [0.717, 1.165) is 0 Å². The molecule has 0 unspecified atom stereocenters. The van der Waals surface area contributed by atoms with Gasteiger partial charge in [0.1, 0.15) is 0 Å². The fourth-order valence-electron chi connectivity index (χ4n) is 1.40. The van der Waals surface area contributed by atoms with Crippen LogP contribution in [0.25, 0.3) is 6.08 Å². The highest BCUT2D eigenvalue weighted by Gasteiger charge is 2.08. The van der Waals surface area contributed by atoms with E-state index in [1.54, 1.807) is 26.0 Å². The third kappa shape index (κ3) is 5.14. The number of halogens is 1. The Balaban J connectivity index is 2.90. The van der Waals surface area contributed by atoms with Gasteiger partial charge in [0.25, 0.3) is 0 Å². The minimum atomic E-state index is -0.448. The zero-order valence-corrected chi connectivity index (χ0v) is 11.6. The van der Waals surface area contributed by atoms with Crippen molar-refractivity contribution in [2.24, 2.45) is 0 Å². The molecular formula is C14H15ClO4. The Morgan fingerprint density at radius 1 is 1.16 bits per heavy atom. The zero-order valence-electron chi connectivity index (χ0n) is 10.8. The molecule has 1 aromatic carbocycles. The standard InChI is InChI=1S/C14H15ClO4/c1-3-18-13(16)6-5-10-7-11(9-12(15)8-10)14(17)19-4-2/h5-9H,3-4H2,1-2H3/b6-5+. The van der Waals surface area contributed by atoms with E-state index < -0.39 is 11.9 Å². The second-order valence-electron chi connectivity index (χ2n) is 3.58. The van der Waals surface area contributed by atoms with Crippen molar-refractivity contribution in [2.75, 3.05) is 13.2 Å². The van der Waals surface area contributed by atoms with Crippen LogP contribution in [0.3, 0.4) is 0 Å². The zero-order chi connectivity index (χ0) is 14.3. The molecular weight excluding hydrogens is 268 g/mol. The average Bonchev–Trinajstić information content (AvgIpc) is 2.36. The molecule has 1 rings (SSSR count). The first-order valence-corrected chi connectivity index (χ1v) is 6.27. The maximum absolute atomic E-state index is 11.6. The average molecular weight is 283 g/mol. The SMILES string of the molecule is CCOC(=O)/C=C/c1cc(Cl)cc(C(=O)OCC)c1. The van der Waals surface area contributed by atoms with Gasteiger partial charge in [-0.1, -0.05) is 11.6 Å². The van der Waals surface area contributed by atoms with Crippen LogP contribution in [0.1, 0.15) is 29.8 Å². The minimum absolute atomic E-state index is 0.291. The predicted octanol–water partition coefficient (Wildman–Crippen LogP) is 3.09. The van der Waals surface area contributed by atoms with Gasteiger partial charge >= 0.3 is 11.9 Å². The van der Waals surface area contributed by atoms with Crippen LogP contribution < -0.4 is 0 Å². The lowest BCUT2D eigenvalue weighted by molar-refractivity contribution is -0.137. The van der Waals surface area contributed by atoms with Crippen LogP contribution >= 0.6 is 11.6 Å². The third-order valence-corrected chi connectivity index (χ3v) is 2.35. The fourth-order valence-corrected chi connectivity index (χ4v) is 1.64. The number of rotatable bonds is 5. The molecule has 0 fully saturated rings. The van der Waals surface area contributed by atoms with Crippen LogP contribution in [0.2, 0.25) is 5.02 Å². The number of benzene rings is 1. The number of carbonyl (C=O) groups is 2. The Labute approximate surface area is 117 Å². The van der Waals surface area contributed by atoms with Crippen LogP contribution in [0.4, 0.5) is 0 Å². The van der Waals surface area contributed by atoms with Crippen LogP contribution in [0.15, 0.2) is 24.3 Å². The molecule has 0 atom stereocenters. The van der Waals surface area contributed by atoms with E-state index in [0.29, 0.717) is 29.4 Å². The van der Waals surface area contributed by atoms with Crippen molar-refractivity contribution in [3.05, 3.63) is 40.4 Å². The summed E-state index contributed by atoms with van der Waals surface area (Å²) in [6, 6.07) is 4.75. The Bertz CT molecular complexity index is 494. The van der Waals surface area contributed by atoms with E-state index in [1.807, 2.05) is 0 Å². The van der Waals surface area contributed by atoms with E-state index in [-0.39, 0.29) is 0 Å². The Hall–Kier alpha value is -1.81. The summed E-state index contributed by atoms with van der Waals surface area (Å²) in [7, 11) is 0. The van der Waals surface area contributed by atoms with Gasteiger partial charge in [0.15, 0.2) is 0 Å². The van der Waals surface area contributed by atoms with E-state index in [4.69, 9.17) is 21.1 Å². The third-order valence-electron chi connectivity index (χ3n) is 2.13. The molecule has 0 bridgehead atoms. The van der Waals surface area contributed by atoms with Crippen molar-refractivity contribution < 1.29 is 19.1 Å². The molecule has 0 aliphatic carbocycles. The van der Waals surface area contributed by atoms with Gasteiger partial charge in [0.05, 0.1) is 18.8 Å². The van der Waals surface area contributed by atoms with Crippen molar-refractivity contribution >= 4 is 29.6 Å². The first-order valence-electron chi connectivity index (χ1n) is 5.89. The molecule has 5 heteroatoms. The van der Waals surface area contributed by atoms with Gasteiger partial charge in [-0.05, 0) is 43.7 Å². The summed E-state index contributed by atoms with van der Waals surface area (Å²) in [5, 5.41) is 0.397. The van der Waals surface area contributed by atoms with Crippen LogP contribution in [-0.2, 0) is 14.3 Å². The minimum Gasteiger partial charge on any atom is -0.463 e. The molecule has 0 spiro atoms. The summed E-state index contributed by atoms with van der Waals surface area (Å²) in [6.45, 7) is 4.06. The van der Waals surface area contributed by atoms with Crippen LogP contribution in [0, 0.1) is 0 Å². The number of ether oxygens (including phenoxy) is 2. The Kier molecular flexibility index (Phi) is 6.09. The van der Waals surface area contributed by atoms with Gasteiger partial charge in [-0.3, -0.25) is 0 Å². The normalized spacial score (nSPS) is 10.5. The van der Waals surface area contributed by atoms with Crippen molar-refractivity contribution in [1.82, 2.24) is 0 Å². The van der Waals surface area contributed by atoms with Gasteiger partial charge in [-0.2, -0.15) is 0 Å². The number of hydrogen-bond donors (Lipinski definition) is 0. The lowest BCUT2D eigenvalue weighted by Gasteiger charge is -2.04. The molecule has 0 heterocycles. The second-order valence-corrected chi connectivity index (χ2v) is 4.02. The molecule has 1 aromatic rings. The van der Waals surface area contributed by atoms with E-state index >= 15 is 0 Å². The molecule has 0 saturated heterocycles. The molecule has 0 aromatic heterocycles. The maximum Gasteiger partial charge on any atom is 0.338 e. The first kappa shape index (κ1) is 15.2. The molecule has 0 saturated carbocycles. The van der Waals surface area contributed by atoms with Gasteiger partial charge < -0.3 is 9.47 Å². The van der Waals surface area contributed by atoms with Crippen molar-refractivity contribution in [3.63, 3.8) is 0 Å². The van der Waals surface area contributed by atoms with Gasteiger partial charge in [-0.25, -0.2) is 9.59 Å². The summed E-state index contributed by atoms with van der Waals surface area (Å²) in [5.74, 6) is -0.893. The smallest absolute Gasteiger partial charge is 0.338 e. The highest BCUT2D eigenvalue weighted by atomic mass is 35.5. The van der Waals surface area contributed by atoms with E-state index in [2.05, 4.69) is 0 Å². The summed E-state index contributed by atoms with van der Waals surface area (Å²) < 4.78 is 9.65. The van der Waals surface area contributed by atoms with Crippen molar-refractivity contribution in [2.45, 2.75) is 13.8 Å². The van der Waals surface area contributed by atoms with Gasteiger partial charge in [-0.15, -0.1) is 0 Å². The molecule has 0 amide bonds. The predicted molar refractivity (Wildman–Crippen MR) is 73.1 cm³/mol. The monoisotopic (exact) mass is 282 g/mol. The summed E-state index contributed by atoms with van der Waals surface area (Å²) in [5.41, 5.74) is 0.974. The topological polar surface area (TPSA) is 52.6 Å². The molecule has 19 heavy (non-hydrogen) atoms. The van der Waals surface area contributed by atoms with Crippen LogP contribution in [0.5, 0.6) is 0 Å². The van der Waals surface area contributed by atoms with Gasteiger partial charge in [0, 0.05) is 11.1 Å². The molecule has 0 radical (unpaired) electrons. The first-order chi connectivity index (χ1) is 9.06. The second kappa shape index (κ2) is 7.59. The Morgan fingerprint density at radius 2 is 1.84 bits per heavy atom. The lowest BCUT2D eigenvalue weighted by Crippen LogP contribution is -2.04. The van der Waals surface area contributed by atoms with Crippen molar-refractivity contribution in [3.8, 4) is 0 Å². The Morgan fingerprint density at radius 3 is 2.47 bits per heavy atom. The summed E-state index contributed by atoms with van der Waals surface area (Å²) in [4.78, 5) is 22.8. The van der Waals surface area contributed by atoms with Crippen LogP contribution in [-0.4, -0.2) is 25.2 Å². The molecule has 0 aliphatic rings. The number of esters is 2. The maximum atomic E-state index is 11.6. The molecule has 0 N–H and O–H groups in total.